The first-order chi connectivity index (χ1) is 12.2. The molecular weight excluding hydrogens is 334 g/mol. The van der Waals surface area contributed by atoms with Gasteiger partial charge in [0.2, 0.25) is 0 Å². The third-order valence-corrected chi connectivity index (χ3v) is 4.20. The molecule has 0 saturated carbocycles. The number of carbonyl (C=O) groups excluding carboxylic acids is 2. The van der Waals surface area contributed by atoms with Gasteiger partial charge in [-0.3, -0.25) is 4.90 Å². The fourth-order valence-corrected chi connectivity index (χ4v) is 3.06. The van der Waals surface area contributed by atoms with Gasteiger partial charge in [-0.15, -0.1) is 0 Å². The van der Waals surface area contributed by atoms with Crippen LogP contribution in [0.5, 0.6) is 0 Å². The van der Waals surface area contributed by atoms with Gasteiger partial charge in [-0.05, 0) is 44.9 Å². The van der Waals surface area contributed by atoms with Crippen LogP contribution in [0.15, 0.2) is 30.4 Å². The number of fused-ring (bicyclic) bond motifs is 1. The van der Waals surface area contributed by atoms with E-state index in [1.807, 2.05) is 26.8 Å². The number of aromatic amines is 1. The highest BCUT2D eigenvalue weighted by atomic mass is 16.6. The molecule has 0 unspecified atom stereocenters. The number of nitrogens with one attached hydrogen (secondary N) is 1. The molecule has 0 spiro atoms. The van der Waals surface area contributed by atoms with E-state index in [1.165, 1.54) is 7.11 Å². The maximum Gasteiger partial charge on any atom is 0.411 e. The summed E-state index contributed by atoms with van der Waals surface area (Å²) in [6, 6.07) is 4.83. The van der Waals surface area contributed by atoms with Crippen LogP contribution in [0.3, 0.4) is 0 Å². The summed E-state index contributed by atoms with van der Waals surface area (Å²) < 4.78 is 10.3. The lowest BCUT2D eigenvalue weighted by atomic mass is 10.1. The molecule has 26 heavy (non-hydrogen) atoms. The van der Waals surface area contributed by atoms with Gasteiger partial charge in [0.25, 0.3) is 0 Å². The molecule has 1 aliphatic heterocycles. The number of carbonyl (C=O) groups is 2. The Bertz CT molecular complexity index is 879. The summed E-state index contributed by atoms with van der Waals surface area (Å²) in [6.45, 7) is 10.1. The second-order valence-electron chi connectivity index (χ2n) is 7.30. The number of amides is 1. The van der Waals surface area contributed by atoms with Crippen molar-refractivity contribution in [3.8, 4) is 0 Å². The Kier molecular flexibility index (Phi) is 4.48. The number of aromatic nitrogens is 2. The highest BCUT2D eigenvalue weighted by Gasteiger charge is 2.37. The minimum atomic E-state index is -0.586. The molecule has 0 aliphatic carbocycles. The maximum absolute atomic E-state index is 12.6. The Balaban J connectivity index is 1.99. The van der Waals surface area contributed by atoms with E-state index in [-0.39, 0.29) is 0 Å². The Morgan fingerprint density at radius 1 is 1.35 bits per heavy atom. The number of benzene rings is 1. The van der Waals surface area contributed by atoms with Crippen molar-refractivity contribution in [2.45, 2.75) is 38.8 Å². The van der Waals surface area contributed by atoms with Gasteiger partial charge >= 0.3 is 12.1 Å². The fraction of sp³-hybridized carbons (Fsp3) is 0.421. The van der Waals surface area contributed by atoms with E-state index in [4.69, 9.17) is 9.47 Å². The third kappa shape index (κ3) is 3.29. The Labute approximate surface area is 152 Å². The van der Waals surface area contributed by atoms with Crippen LogP contribution >= 0.6 is 0 Å². The largest absolute Gasteiger partial charge is 0.465 e. The Hall–Kier alpha value is -2.83. The summed E-state index contributed by atoms with van der Waals surface area (Å²) >= 11 is 0. The molecule has 7 heteroatoms. The summed E-state index contributed by atoms with van der Waals surface area (Å²) in [6.07, 6.45) is 0.264. The summed E-state index contributed by atoms with van der Waals surface area (Å²) in [5.74, 6) is 0.104. The highest BCUT2D eigenvalue weighted by molar-refractivity contribution is 6.01. The molecule has 1 atom stereocenters. The molecule has 1 N–H and O–H groups in total. The lowest BCUT2D eigenvalue weighted by molar-refractivity contribution is 0.0231. The summed E-state index contributed by atoms with van der Waals surface area (Å²) in [5, 5.41) is 0. The first-order valence-corrected chi connectivity index (χ1v) is 8.45. The molecule has 2 heterocycles. The standard InChI is InChI=1S/C19H23N3O4/c1-11-9-10-22(18(24)26-19(2,3)4)15(11)16-20-13-8-6-7-12(14(13)21-16)17(23)25-5/h6-8,15H,1,9-10H2,2-5H3,(H,20,21)/t15-/m0/s1. The zero-order chi connectivity index (χ0) is 19.1. The molecule has 138 valence electrons. The predicted octanol–water partition coefficient (Wildman–Crippen LogP) is 3.59. The average Bonchev–Trinajstić information content (AvgIpc) is 3.14. The van der Waals surface area contributed by atoms with Crippen LogP contribution in [-0.2, 0) is 9.47 Å². The molecule has 0 bridgehead atoms. The first kappa shape index (κ1) is 18.0. The number of rotatable bonds is 2. The fourth-order valence-electron chi connectivity index (χ4n) is 3.06. The quantitative estimate of drug-likeness (QED) is 0.656. The summed E-state index contributed by atoms with van der Waals surface area (Å²) in [5.41, 5.74) is 1.87. The predicted molar refractivity (Wildman–Crippen MR) is 96.9 cm³/mol. The van der Waals surface area contributed by atoms with Gasteiger partial charge in [0.05, 0.1) is 18.2 Å². The lowest BCUT2D eigenvalue weighted by Crippen LogP contribution is -2.36. The molecule has 1 aliphatic rings. The number of nitrogens with zero attached hydrogens (tertiary/aromatic N) is 2. The van der Waals surface area contributed by atoms with Gasteiger partial charge in [-0.2, -0.15) is 0 Å². The van der Waals surface area contributed by atoms with Crippen LogP contribution in [0.2, 0.25) is 0 Å². The van der Waals surface area contributed by atoms with Crippen molar-refractivity contribution in [2.75, 3.05) is 13.7 Å². The van der Waals surface area contributed by atoms with E-state index in [0.29, 0.717) is 35.4 Å². The van der Waals surface area contributed by atoms with E-state index in [0.717, 1.165) is 5.57 Å². The van der Waals surface area contributed by atoms with Crippen molar-refractivity contribution in [1.29, 1.82) is 0 Å². The van der Waals surface area contributed by atoms with E-state index >= 15 is 0 Å². The molecule has 1 aromatic heterocycles. The number of esters is 1. The maximum atomic E-state index is 12.6. The van der Waals surface area contributed by atoms with Crippen molar-refractivity contribution < 1.29 is 19.1 Å². The number of para-hydroxylation sites is 1. The van der Waals surface area contributed by atoms with Crippen molar-refractivity contribution in [1.82, 2.24) is 14.9 Å². The monoisotopic (exact) mass is 357 g/mol. The molecular formula is C19H23N3O4. The number of ether oxygens (including phenoxy) is 2. The van der Waals surface area contributed by atoms with Crippen molar-refractivity contribution >= 4 is 23.1 Å². The Morgan fingerprint density at radius 3 is 2.73 bits per heavy atom. The Morgan fingerprint density at radius 2 is 2.08 bits per heavy atom. The summed E-state index contributed by atoms with van der Waals surface area (Å²) in [4.78, 5) is 33.9. The van der Waals surface area contributed by atoms with Crippen molar-refractivity contribution in [3.63, 3.8) is 0 Å². The molecule has 1 fully saturated rings. The minimum Gasteiger partial charge on any atom is -0.465 e. The highest BCUT2D eigenvalue weighted by Crippen LogP contribution is 2.36. The summed E-state index contributed by atoms with van der Waals surface area (Å²) in [7, 11) is 1.33. The smallest absolute Gasteiger partial charge is 0.411 e. The van der Waals surface area contributed by atoms with E-state index < -0.39 is 23.7 Å². The van der Waals surface area contributed by atoms with Crippen molar-refractivity contribution in [3.05, 3.63) is 41.7 Å². The van der Waals surface area contributed by atoms with Gasteiger partial charge in [-0.1, -0.05) is 12.6 Å². The lowest BCUT2D eigenvalue weighted by Gasteiger charge is -2.27. The molecule has 1 amide bonds. The topological polar surface area (TPSA) is 84.5 Å². The van der Waals surface area contributed by atoms with E-state index in [9.17, 15) is 9.59 Å². The van der Waals surface area contributed by atoms with Gasteiger partial charge in [0, 0.05) is 6.54 Å². The first-order valence-electron chi connectivity index (χ1n) is 8.45. The van der Waals surface area contributed by atoms with Gasteiger partial charge < -0.3 is 14.5 Å². The van der Waals surface area contributed by atoms with Crippen LogP contribution in [0.25, 0.3) is 11.0 Å². The van der Waals surface area contributed by atoms with Gasteiger partial charge in [0.1, 0.15) is 23.0 Å². The SMILES string of the molecule is C=C1CCN(C(=O)OC(C)(C)C)[C@@H]1c1nc2c(C(=O)OC)cccc2[nH]1. The number of H-pyrrole nitrogens is 1. The van der Waals surface area contributed by atoms with Crippen LogP contribution in [-0.4, -0.2) is 46.2 Å². The van der Waals surface area contributed by atoms with Crippen LogP contribution in [0.4, 0.5) is 4.79 Å². The number of imidazole rings is 1. The molecule has 1 aromatic carbocycles. The molecule has 0 radical (unpaired) electrons. The molecule has 3 rings (SSSR count). The zero-order valence-electron chi connectivity index (χ0n) is 15.5. The normalized spacial score (nSPS) is 17.6. The second-order valence-corrected chi connectivity index (χ2v) is 7.30. The van der Waals surface area contributed by atoms with Gasteiger partial charge in [0.15, 0.2) is 0 Å². The number of likely N-dealkylation sites (tertiary alicyclic amines) is 1. The number of methoxy groups -OCH3 is 1. The molecule has 7 nitrogen and oxygen atoms in total. The van der Waals surface area contributed by atoms with Crippen LogP contribution in [0.1, 0.15) is 49.4 Å². The second kappa shape index (κ2) is 6.48. The zero-order valence-corrected chi connectivity index (χ0v) is 15.5. The van der Waals surface area contributed by atoms with Gasteiger partial charge in [-0.25, -0.2) is 14.6 Å². The van der Waals surface area contributed by atoms with E-state index in [1.54, 1.807) is 17.0 Å². The minimum absolute atomic E-state index is 0.375. The third-order valence-electron chi connectivity index (χ3n) is 4.20. The number of hydrogen-bond donors (Lipinski definition) is 1. The van der Waals surface area contributed by atoms with E-state index in [2.05, 4.69) is 16.5 Å². The van der Waals surface area contributed by atoms with Crippen molar-refractivity contribution in [2.24, 2.45) is 0 Å². The average molecular weight is 357 g/mol. The molecule has 1 saturated heterocycles. The van der Waals surface area contributed by atoms with Crippen LogP contribution in [0, 0.1) is 0 Å². The number of hydrogen-bond acceptors (Lipinski definition) is 5. The van der Waals surface area contributed by atoms with Crippen LogP contribution < -0.4 is 0 Å². The molecule has 2 aromatic rings.